The SMILES string of the molecule is CNC(=O)c1cccc(NC(=O)c2nc(C)cn3cc(-c4ccc(-n5c(C)nn(C)c5=O)cc4C4CC4)cc23)c1. The number of anilines is 1. The number of fused-ring (bicyclic) bond motifs is 1. The van der Waals surface area contributed by atoms with Crippen LogP contribution in [0.2, 0.25) is 0 Å². The van der Waals surface area contributed by atoms with E-state index in [1.54, 1.807) is 42.9 Å². The minimum atomic E-state index is -0.364. The first-order valence-corrected chi connectivity index (χ1v) is 13.1. The van der Waals surface area contributed by atoms with Crippen molar-refractivity contribution >= 4 is 23.0 Å². The van der Waals surface area contributed by atoms with Crippen molar-refractivity contribution < 1.29 is 9.59 Å². The highest BCUT2D eigenvalue weighted by atomic mass is 16.2. The Labute approximate surface area is 230 Å². The molecule has 2 amide bonds. The van der Waals surface area contributed by atoms with Gasteiger partial charge in [0.25, 0.3) is 11.8 Å². The van der Waals surface area contributed by atoms with Crippen LogP contribution in [-0.4, -0.2) is 42.6 Å². The summed E-state index contributed by atoms with van der Waals surface area (Å²) in [5, 5.41) is 9.75. The van der Waals surface area contributed by atoms with E-state index in [1.807, 2.05) is 48.8 Å². The van der Waals surface area contributed by atoms with E-state index in [0.717, 1.165) is 29.7 Å². The molecule has 0 unspecified atom stereocenters. The predicted molar refractivity (Wildman–Crippen MR) is 152 cm³/mol. The summed E-state index contributed by atoms with van der Waals surface area (Å²) < 4.78 is 4.89. The highest BCUT2D eigenvalue weighted by Crippen LogP contribution is 2.45. The molecule has 1 aliphatic carbocycles. The number of nitrogens with one attached hydrogen (secondary N) is 2. The first kappa shape index (κ1) is 25.3. The van der Waals surface area contributed by atoms with E-state index in [0.29, 0.717) is 39.9 Å². The van der Waals surface area contributed by atoms with Gasteiger partial charge in [0.05, 0.1) is 16.9 Å². The Hall–Kier alpha value is -4.99. The number of aryl methyl sites for hydroxylation is 3. The van der Waals surface area contributed by atoms with Crippen LogP contribution in [0.3, 0.4) is 0 Å². The number of amides is 2. The Balaban J connectivity index is 1.39. The van der Waals surface area contributed by atoms with Gasteiger partial charge in [-0.3, -0.25) is 9.59 Å². The van der Waals surface area contributed by atoms with Gasteiger partial charge < -0.3 is 15.0 Å². The molecular weight excluding hydrogens is 506 g/mol. The molecule has 10 nitrogen and oxygen atoms in total. The molecule has 202 valence electrons. The van der Waals surface area contributed by atoms with Crippen LogP contribution in [0.5, 0.6) is 0 Å². The quantitative estimate of drug-likeness (QED) is 0.341. The van der Waals surface area contributed by atoms with Gasteiger partial charge in [-0.2, -0.15) is 5.10 Å². The molecule has 1 aliphatic rings. The van der Waals surface area contributed by atoms with Gasteiger partial charge >= 0.3 is 5.69 Å². The molecule has 1 saturated carbocycles. The summed E-state index contributed by atoms with van der Waals surface area (Å²) in [4.78, 5) is 42.7. The van der Waals surface area contributed by atoms with Crippen LogP contribution in [0.1, 0.15) is 56.7 Å². The number of hydrogen-bond acceptors (Lipinski definition) is 5. The number of benzene rings is 2. The lowest BCUT2D eigenvalue weighted by molar-refractivity contribution is 0.0961. The zero-order valence-electron chi connectivity index (χ0n) is 22.7. The first-order chi connectivity index (χ1) is 19.2. The third-order valence-electron chi connectivity index (χ3n) is 7.24. The van der Waals surface area contributed by atoms with Gasteiger partial charge in [-0.25, -0.2) is 19.0 Å². The topological polar surface area (TPSA) is 115 Å². The van der Waals surface area contributed by atoms with Crippen molar-refractivity contribution in [1.82, 2.24) is 29.0 Å². The minimum Gasteiger partial charge on any atom is -0.355 e. The van der Waals surface area contributed by atoms with Gasteiger partial charge in [-0.15, -0.1) is 0 Å². The second-order valence-electron chi connectivity index (χ2n) is 10.2. The zero-order chi connectivity index (χ0) is 28.1. The van der Waals surface area contributed by atoms with Crippen LogP contribution in [0, 0.1) is 13.8 Å². The fourth-order valence-electron chi connectivity index (χ4n) is 5.20. The van der Waals surface area contributed by atoms with Gasteiger partial charge in [-0.1, -0.05) is 12.1 Å². The normalized spacial score (nSPS) is 13.0. The van der Waals surface area contributed by atoms with Gasteiger partial charge in [0, 0.05) is 43.3 Å². The molecule has 6 rings (SSSR count). The summed E-state index contributed by atoms with van der Waals surface area (Å²) in [6.07, 6.45) is 6.09. The molecule has 0 bridgehead atoms. The Kier molecular flexibility index (Phi) is 6.10. The molecule has 0 radical (unpaired) electrons. The number of rotatable bonds is 6. The molecule has 10 heteroatoms. The third kappa shape index (κ3) is 4.47. The second kappa shape index (κ2) is 9.64. The Morgan fingerprint density at radius 2 is 1.80 bits per heavy atom. The fraction of sp³-hybridized carbons (Fsp3) is 0.233. The van der Waals surface area contributed by atoms with Crippen LogP contribution < -0.4 is 16.3 Å². The standard InChI is InChI=1S/C30H29N7O3/c1-17-15-36-16-21(13-26(36)27(32-17)29(39)33-22-7-5-6-20(12-22)28(38)31-3)24-11-10-23(14-25(24)19-8-9-19)37-18(2)34-35(4)30(37)40/h5-7,10-16,19H,8-9H2,1-4H3,(H,31,38)(H,33,39). The van der Waals surface area contributed by atoms with Crippen molar-refractivity contribution in [3.63, 3.8) is 0 Å². The smallest absolute Gasteiger partial charge is 0.350 e. The van der Waals surface area contributed by atoms with Crippen LogP contribution in [-0.2, 0) is 7.05 Å². The van der Waals surface area contributed by atoms with Crippen molar-refractivity contribution in [2.75, 3.05) is 12.4 Å². The highest BCUT2D eigenvalue weighted by Gasteiger charge is 2.28. The summed E-state index contributed by atoms with van der Waals surface area (Å²) in [5.74, 6) is 0.455. The van der Waals surface area contributed by atoms with Crippen molar-refractivity contribution in [2.45, 2.75) is 32.6 Å². The molecule has 2 aromatic carbocycles. The average molecular weight is 536 g/mol. The molecule has 3 heterocycles. The van der Waals surface area contributed by atoms with E-state index in [2.05, 4.69) is 26.8 Å². The lowest BCUT2D eigenvalue weighted by Gasteiger charge is -2.11. The Morgan fingerprint density at radius 1 is 1.00 bits per heavy atom. The first-order valence-electron chi connectivity index (χ1n) is 13.1. The van der Waals surface area contributed by atoms with E-state index < -0.39 is 0 Å². The number of aromatic nitrogens is 5. The zero-order valence-corrected chi connectivity index (χ0v) is 22.7. The van der Waals surface area contributed by atoms with Crippen LogP contribution >= 0.6 is 0 Å². The largest absolute Gasteiger partial charge is 0.355 e. The fourth-order valence-corrected chi connectivity index (χ4v) is 5.20. The molecule has 40 heavy (non-hydrogen) atoms. The van der Waals surface area contributed by atoms with E-state index >= 15 is 0 Å². The summed E-state index contributed by atoms with van der Waals surface area (Å²) in [6.45, 7) is 3.67. The van der Waals surface area contributed by atoms with Crippen molar-refractivity contribution in [3.05, 3.63) is 99.7 Å². The predicted octanol–water partition coefficient (Wildman–Crippen LogP) is 3.99. The number of hydrogen-bond donors (Lipinski definition) is 2. The molecule has 0 aliphatic heterocycles. The monoisotopic (exact) mass is 535 g/mol. The highest BCUT2D eigenvalue weighted by molar-refractivity contribution is 6.08. The molecule has 3 aromatic heterocycles. The molecule has 2 N–H and O–H groups in total. The van der Waals surface area contributed by atoms with Gasteiger partial charge in [-0.05, 0) is 80.1 Å². The maximum Gasteiger partial charge on any atom is 0.350 e. The molecular formula is C30H29N7O3. The van der Waals surface area contributed by atoms with Crippen molar-refractivity contribution in [2.24, 2.45) is 7.05 Å². The second-order valence-corrected chi connectivity index (χ2v) is 10.2. The minimum absolute atomic E-state index is 0.181. The Bertz CT molecular complexity index is 1870. The molecule has 1 fully saturated rings. The summed E-state index contributed by atoms with van der Waals surface area (Å²) in [7, 11) is 3.21. The number of carbonyl (C=O) groups excluding carboxylic acids is 2. The molecule has 0 saturated heterocycles. The van der Waals surface area contributed by atoms with E-state index in [4.69, 9.17) is 0 Å². The van der Waals surface area contributed by atoms with Gasteiger partial charge in [0.1, 0.15) is 5.82 Å². The van der Waals surface area contributed by atoms with Crippen molar-refractivity contribution in [1.29, 1.82) is 0 Å². The number of carbonyl (C=O) groups is 2. The average Bonchev–Trinajstić information content (AvgIpc) is 3.65. The lowest BCUT2D eigenvalue weighted by Crippen LogP contribution is -2.21. The molecule has 0 spiro atoms. The maximum atomic E-state index is 13.4. The molecule has 5 aromatic rings. The van der Waals surface area contributed by atoms with Crippen molar-refractivity contribution in [3.8, 4) is 16.8 Å². The molecule has 0 atom stereocenters. The maximum absolute atomic E-state index is 13.4. The number of nitrogens with zero attached hydrogens (tertiary/aromatic N) is 5. The van der Waals surface area contributed by atoms with Gasteiger partial charge in [0.2, 0.25) is 0 Å². The lowest BCUT2D eigenvalue weighted by atomic mass is 9.97. The summed E-state index contributed by atoms with van der Waals surface area (Å²) in [5.41, 5.74) is 6.43. The van der Waals surface area contributed by atoms with E-state index in [9.17, 15) is 14.4 Å². The summed E-state index contributed by atoms with van der Waals surface area (Å²) >= 11 is 0. The Morgan fingerprint density at radius 3 is 2.50 bits per heavy atom. The van der Waals surface area contributed by atoms with E-state index in [-0.39, 0.29) is 17.5 Å². The van der Waals surface area contributed by atoms with Gasteiger partial charge in [0.15, 0.2) is 5.69 Å². The van der Waals surface area contributed by atoms with Crippen LogP contribution in [0.15, 0.2) is 65.7 Å². The van der Waals surface area contributed by atoms with Crippen LogP contribution in [0.25, 0.3) is 22.3 Å². The van der Waals surface area contributed by atoms with Crippen LogP contribution in [0.4, 0.5) is 5.69 Å². The summed E-state index contributed by atoms with van der Waals surface area (Å²) in [6, 6.07) is 14.8. The third-order valence-corrected chi connectivity index (χ3v) is 7.24. The van der Waals surface area contributed by atoms with E-state index in [1.165, 1.54) is 10.2 Å².